The minimum atomic E-state index is -1.07. The van der Waals surface area contributed by atoms with Crippen molar-refractivity contribution in [3.8, 4) is 0 Å². The van der Waals surface area contributed by atoms with Crippen LogP contribution in [0.2, 0.25) is 44.8 Å². The van der Waals surface area contributed by atoms with E-state index in [0.29, 0.717) is 0 Å². The second-order valence-corrected chi connectivity index (χ2v) is 17.2. The summed E-state index contributed by atoms with van der Waals surface area (Å²) >= 11 is 0. The summed E-state index contributed by atoms with van der Waals surface area (Å²) in [6, 6.07) is 2.80. The number of hydrogen-bond acceptors (Lipinski definition) is 1. The molecule has 3 heteroatoms. The summed E-state index contributed by atoms with van der Waals surface area (Å²) in [4.78, 5) is 0. The highest BCUT2D eigenvalue weighted by molar-refractivity contribution is 6.82. The molecule has 1 nitrogen and oxygen atoms in total. The maximum atomic E-state index is 3.93. The van der Waals surface area contributed by atoms with Gasteiger partial charge in [-0.25, -0.2) is 0 Å². The van der Waals surface area contributed by atoms with Crippen LogP contribution in [0.1, 0.15) is 12.8 Å². The predicted molar refractivity (Wildman–Crippen MR) is 82.7 cm³/mol. The lowest BCUT2D eigenvalue weighted by Crippen LogP contribution is -2.29. The molecular formula is C13H31NSi2. The van der Waals surface area contributed by atoms with Crippen LogP contribution in [-0.2, 0) is 0 Å². The second-order valence-electron chi connectivity index (χ2n) is 6.71. The molecule has 16 heavy (non-hydrogen) atoms. The van der Waals surface area contributed by atoms with Crippen molar-refractivity contribution < 1.29 is 0 Å². The van der Waals surface area contributed by atoms with Gasteiger partial charge in [0.2, 0.25) is 0 Å². The van der Waals surface area contributed by atoms with Gasteiger partial charge in [-0.05, 0) is 25.6 Å². The quantitative estimate of drug-likeness (QED) is 0.484. The average molecular weight is 258 g/mol. The SMILES string of the molecule is C=C[Si](C)(C)CCNCCCC[Si](C)(C)C. The first-order valence-electron chi connectivity index (χ1n) is 6.61. The topological polar surface area (TPSA) is 12.0 Å². The zero-order chi connectivity index (χ0) is 12.7. The maximum absolute atomic E-state index is 3.93. The van der Waals surface area contributed by atoms with E-state index in [-0.39, 0.29) is 0 Å². The lowest BCUT2D eigenvalue weighted by Gasteiger charge is -2.17. The lowest BCUT2D eigenvalue weighted by molar-refractivity contribution is 0.657. The van der Waals surface area contributed by atoms with Crippen LogP contribution in [0, 0.1) is 0 Å². The lowest BCUT2D eigenvalue weighted by atomic mass is 10.3. The van der Waals surface area contributed by atoms with Gasteiger partial charge in [-0.15, -0.1) is 12.3 Å². The van der Waals surface area contributed by atoms with Crippen LogP contribution >= 0.6 is 0 Å². The van der Waals surface area contributed by atoms with Gasteiger partial charge in [0.15, 0.2) is 0 Å². The zero-order valence-electron chi connectivity index (χ0n) is 12.0. The number of rotatable bonds is 9. The predicted octanol–water partition coefficient (Wildman–Crippen LogP) is 4.13. The molecule has 0 radical (unpaired) electrons. The fourth-order valence-corrected chi connectivity index (χ4v) is 3.88. The number of unbranched alkanes of at least 4 members (excludes halogenated alkanes) is 1. The summed E-state index contributed by atoms with van der Waals surface area (Å²) < 4.78 is 0. The molecule has 0 aliphatic heterocycles. The molecule has 0 aromatic rings. The van der Waals surface area contributed by atoms with Crippen LogP contribution in [0.3, 0.4) is 0 Å². The Kier molecular flexibility index (Phi) is 7.52. The van der Waals surface area contributed by atoms with Crippen molar-refractivity contribution in [2.45, 2.75) is 57.7 Å². The van der Waals surface area contributed by atoms with Gasteiger partial charge in [-0.1, -0.05) is 45.2 Å². The van der Waals surface area contributed by atoms with Crippen molar-refractivity contribution in [2.75, 3.05) is 13.1 Å². The maximum Gasteiger partial charge on any atom is 0.0722 e. The van der Waals surface area contributed by atoms with E-state index in [1.807, 2.05) is 0 Å². The molecule has 0 rings (SSSR count). The van der Waals surface area contributed by atoms with Crippen LogP contribution in [0.4, 0.5) is 0 Å². The highest BCUT2D eigenvalue weighted by Gasteiger charge is 2.14. The standard InChI is InChI=1S/C13H31NSi2/c1-7-16(5,6)13-11-14-10-8-9-12-15(2,3)4/h7,14H,1,8-13H2,2-6H3. The Morgan fingerprint density at radius 1 is 0.938 bits per heavy atom. The Balaban J connectivity index is 3.32. The monoisotopic (exact) mass is 257 g/mol. The van der Waals surface area contributed by atoms with E-state index in [4.69, 9.17) is 0 Å². The summed E-state index contributed by atoms with van der Waals surface area (Å²) in [5, 5.41) is 3.56. The van der Waals surface area contributed by atoms with E-state index in [2.05, 4.69) is 50.3 Å². The summed E-state index contributed by atoms with van der Waals surface area (Å²) in [7, 11) is -1.86. The second kappa shape index (κ2) is 7.46. The first-order chi connectivity index (χ1) is 7.27. The van der Waals surface area contributed by atoms with E-state index < -0.39 is 16.1 Å². The molecule has 0 fully saturated rings. The van der Waals surface area contributed by atoms with Gasteiger partial charge in [0, 0.05) is 8.07 Å². The minimum Gasteiger partial charge on any atom is -0.317 e. The van der Waals surface area contributed by atoms with E-state index in [1.165, 1.54) is 38.0 Å². The smallest absolute Gasteiger partial charge is 0.0722 e. The Bertz CT molecular complexity index is 195. The van der Waals surface area contributed by atoms with E-state index in [1.54, 1.807) is 0 Å². The van der Waals surface area contributed by atoms with Crippen LogP contribution in [0.25, 0.3) is 0 Å². The number of nitrogens with one attached hydrogen (secondary N) is 1. The van der Waals surface area contributed by atoms with Gasteiger partial charge in [0.1, 0.15) is 0 Å². The van der Waals surface area contributed by atoms with Gasteiger partial charge in [-0.3, -0.25) is 0 Å². The van der Waals surface area contributed by atoms with Crippen LogP contribution < -0.4 is 5.32 Å². The van der Waals surface area contributed by atoms with Crippen molar-refractivity contribution in [2.24, 2.45) is 0 Å². The highest BCUT2D eigenvalue weighted by Crippen LogP contribution is 2.12. The Morgan fingerprint density at radius 2 is 1.56 bits per heavy atom. The molecule has 96 valence electrons. The molecule has 0 aliphatic rings. The van der Waals surface area contributed by atoms with Gasteiger partial charge in [0.05, 0.1) is 8.07 Å². The molecule has 0 bridgehead atoms. The molecule has 0 aromatic carbocycles. The largest absolute Gasteiger partial charge is 0.317 e. The summed E-state index contributed by atoms with van der Waals surface area (Å²) in [6.45, 7) is 18.4. The molecule has 0 amide bonds. The molecule has 0 heterocycles. The van der Waals surface area contributed by atoms with Crippen LogP contribution in [-0.4, -0.2) is 29.2 Å². The Labute approximate surface area is 105 Å². The molecule has 1 N–H and O–H groups in total. The van der Waals surface area contributed by atoms with Crippen molar-refractivity contribution >= 4 is 16.1 Å². The molecule has 0 atom stereocenters. The Hall–Kier alpha value is 0.134. The fraction of sp³-hybridized carbons (Fsp3) is 0.846. The summed E-state index contributed by atoms with van der Waals surface area (Å²) in [6.07, 6.45) is 2.76. The normalized spacial score (nSPS) is 12.8. The van der Waals surface area contributed by atoms with Crippen LogP contribution in [0.5, 0.6) is 0 Å². The first kappa shape index (κ1) is 16.1. The third-order valence-corrected chi connectivity index (χ3v) is 7.53. The molecule has 0 spiro atoms. The summed E-state index contributed by atoms with van der Waals surface area (Å²) in [5.74, 6) is 0. The van der Waals surface area contributed by atoms with Crippen molar-refractivity contribution in [3.63, 3.8) is 0 Å². The molecule has 0 aliphatic carbocycles. The van der Waals surface area contributed by atoms with E-state index in [0.717, 1.165) is 0 Å². The van der Waals surface area contributed by atoms with Gasteiger partial charge in [-0.2, -0.15) is 0 Å². The molecule has 0 saturated heterocycles. The molecular weight excluding hydrogens is 226 g/mol. The first-order valence-corrected chi connectivity index (χ1v) is 13.6. The van der Waals surface area contributed by atoms with Gasteiger partial charge < -0.3 is 5.32 Å². The highest BCUT2D eigenvalue weighted by atomic mass is 28.3. The van der Waals surface area contributed by atoms with Crippen molar-refractivity contribution in [1.29, 1.82) is 0 Å². The third kappa shape index (κ3) is 10.6. The molecule has 0 saturated carbocycles. The fourth-order valence-electron chi connectivity index (χ4n) is 1.54. The van der Waals surface area contributed by atoms with Crippen LogP contribution in [0.15, 0.2) is 12.3 Å². The van der Waals surface area contributed by atoms with Crippen molar-refractivity contribution in [3.05, 3.63) is 12.3 Å². The molecule has 0 aromatic heterocycles. The molecule has 0 unspecified atom stereocenters. The minimum absolute atomic E-state index is 0.796. The van der Waals surface area contributed by atoms with E-state index >= 15 is 0 Å². The summed E-state index contributed by atoms with van der Waals surface area (Å²) in [5.41, 5.74) is 2.19. The zero-order valence-corrected chi connectivity index (χ0v) is 14.0. The average Bonchev–Trinajstić information content (AvgIpc) is 2.14. The van der Waals surface area contributed by atoms with E-state index in [9.17, 15) is 0 Å². The number of hydrogen-bond donors (Lipinski definition) is 1. The Morgan fingerprint density at radius 3 is 2.06 bits per heavy atom. The van der Waals surface area contributed by atoms with Gasteiger partial charge >= 0.3 is 0 Å². The van der Waals surface area contributed by atoms with Gasteiger partial charge in [0.25, 0.3) is 0 Å². The van der Waals surface area contributed by atoms with Crippen molar-refractivity contribution in [1.82, 2.24) is 5.32 Å². The third-order valence-electron chi connectivity index (χ3n) is 3.03.